The Bertz CT molecular complexity index is 536. The summed E-state index contributed by atoms with van der Waals surface area (Å²) in [7, 11) is 2.08. The van der Waals surface area contributed by atoms with E-state index in [4.69, 9.17) is 5.73 Å². The fourth-order valence-electron chi connectivity index (χ4n) is 2.89. The lowest BCUT2D eigenvalue weighted by atomic mass is 10.1. The van der Waals surface area contributed by atoms with E-state index in [0.717, 1.165) is 12.2 Å². The molecular weight excluding hydrogens is 210 g/mol. The van der Waals surface area contributed by atoms with Gasteiger partial charge < -0.3 is 10.3 Å². The number of likely N-dealkylation sites (tertiary alicyclic amines) is 1. The highest BCUT2D eigenvalue weighted by molar-refractivity contribution is 5.93. The molecule has 2 N–H and O–H groups in total. The van der Waals surface area contributed by atoms with Gasteiger partial charge in [0.2, 0.25) is 0 Å². The fourth-order valence-corrected chi connectivity index (χ4v) is 2.89. The fraction of sp³-hybridized carbons (Fsp3) is 0.429. The maximum Gasteiger partial charge on any atom is 0.0714 e. The van der Waals surface area contributed by atoms with Crippen molar-refractivity contribution in [2.75, 3.05) is 18.8 Å². The van der Waals surface area contributed by atoms with Gasteiger partial charge in [-0.15, -0.1) is 0 Å². The molecule has 0 spiro atoms. The molecule has 2 aromatic rings. The van der Waals surface area contributed by atoms with Crippen molar-refractivity contribution in [3.63, 3.8) is 0 Å². The summed E-state index contributed by atoms with van der Waals surface area (Å²) in [5.74, 6) is 0. The maximum atomic E-state index is 6.04. The summed E-state index contributed by atoms with van der Waals surface area (Å²) in [6.45, 7) is 3.53. The van der Waals surface area contributed by atoms with Gasteiger partial charge in [0.15, 0.2) is 0 Å². The van der Waals surface area contributed by atoms with Gasteiger partial charge in [0.1, 0.15) is 0 Å². The summed E-state index contributed by atoms with van der Waals surface area (Å²) in [5.41, 5.74) is 9.48. The summed E-state index contributed by atoms with van der Waals surface area (Å²) in [5, 5.41) is 1.31. The molecule has 3 rings (SSSR count). The van der Waals surface area contributed by atoms with Gasteiger partial charge in [0.05, 0.1) is 11.2 Å². The van der Waals surface area contributed by atoms with E-state index in [1.807, 2.05) is 12.1 Å². The lowest BCUT2D eigenvalue weighted by Gasteiger charge is -2.13. The Balaban J connectivity index is 2.01. The predicted molar refractivity (Wildman–Crippen MR) is 71.8 cm³/mol. The molecule has 0 saturated carbocycles. The molecule has 3 nitrogen and oxygen atoms in total. The van der Waals surface area contributed by atoms with Gasteiger partial charge in [-0.1, -0.05) is 12.1 Å². The highest BCUT2D eigenvalue weighted by atomic mass is 15.1. The average molecular weight is 229 g/mol. The van der Waals surface area contributed by atoms with Crippen LogP contribution in [0.4, 0.5) is 5.69 Å². The van der Waals surface area contributed by atoms with Crippen LogP contribution in [-0.4, -0.2) is 22.6 Å². The standard InChI is InChI=1S/C14H19N3/c1-16-9-11(10-17-7-2-3-8-17)12-5-4-6-13(15)14(12)16/h4-6,9H,2-3,7-8,10,15H2,1H3. The molecule has 1 fully saturated rings. The highest BCUT2D eigenvalue weighted by Gasteiger charge is 2.15. The Labute approximate surface area is 102 Å². The van der Waals surface area contributed by atoms with Crippen molar-refractivity contribution >= 4 is 16.6 Å². The number of rotatable bonds is 2. The molecule has 1 aromatic carbocycles. The Morgan fingerprint density at radius 1 is 1.24 bits per heavy atom. The SMILES string of the molecule is Cn1cc(CN2CCCC2)c2cccc(N)c21. The minimum atomic E-state index is 0.873. The van der Waals surface area contributed by atoms with Crippen LogP contribution in [0.2, 0.25) is 0 Å². The zero-order valence-corrected chi connectivity index (χ0v) is 10.3. The van der Waals surface area contributed by atoms with Gasteiger partial charge >= 0.3 is 0 Å². The lowest BCUT2D eigenvalue weighted by Crippen LogP contribution is -2.18. The second kappa shape index (κ2) is 4.08. The molecule has 0 atom stereocenters. The number of aryl methyl sites for hydroxylation is 1. The van der Waals surface area contributed by atoms with Crippen LogP contribution in [0.3, 0.4) is 0 Å². The molecule has 1 aliphatic heterocycles. The van der Waals surface area contributed by atoms with Crippen molar-refractivity contribution in [2.45, 2.75) is 19.4 Å². The monoisotopic (exact) mass is 229 g/mol. The first kappa shape index (κ1) is 10.7. The zero-order valence-electron chi connectivity index (χ0n) is 10.3. The summed E-state index contributed by atoms with van der Waals surface area (Å²) >= 11 is 0. The topological polar surface area (TPSA) is 34.2 Å². The molecule has 0 radical (unpaired) electrons. The van der Waals surface area contributed by atoms with Gasteiger partial charge in [0, 0.05) is 25.2 Å². The van der Waals surface area contributed by atoms with E-state index in [1.54, 1.807) is 0 Å². The second-order valence-corrected chi connectivity index (χ2v) is 4.99. The molecule has 1 saturated heterocycles. The van der Waals surface area contributed by atoms with Gasteiger partial charge in [-0.2, -0.15) is 0 Å². The van der Waals surface area contributed by atoms with Crippen molar-refractivity contribution < 1.29 is 0 Å². The Kier molecular flexibility index (Phi) is 2.56. The molecule has 0 amide bonds. The summed E-state index contributed by atoms with van der Waals surface area (Å²) < 4.78 is 2.15. The first-order chi connectivity index (χ1) is 8.25. The first-order valence-electron chi connectivity index (χ1n) is 6.30. The molecule has 1 aromatic heterocycles. The van der Waals surface area contributed by atoms with E-state index in [9.17, 15) is 0 Å². The maximum absolute atomic E-state index is 6.04. The third kappa shape index (κ3) is 1.80. The van der Waals surface area contributed by atoms with Crippen LogP contribution >= 0.6 is 0 Å². The van der Waals surface area contributed by atoms with Crippen LogP contribution < -0.4 is 5.73 Å². The molecule has 0 aliphatic carbocycles. The Morgan fingerprint density at radius 2 is 2.00 bits per heavy atom. The lowest BCUT2D eigenvalue weighted by molar-refractivity contribution is 0.332. The van der Waals surface area contributed by atoms with Crippen LogP contribution in [0, 0.1) is 0 Å². The zero-order chi connectivity index (χ0) is 11.8. The van der Waals surface area contributed by atoms with Gasteiger partial charge in [-0.3, -0.25) is 4.90 Å². The summed E-state index contributed by atoms with van der Waals surface area (Å²) in [6, 6.07) is 6.20. The van der Waals surface area contributed by atoms with E-state index in [0.29, 0.717) is 0 Å². The molecule has 17 heavy (non-hydrogen) atoms. The summed E-state index contributed by atoms with van der Waals surface area (Å²) in [4.78, 5) is 2.53. The highest BCUT2D eigenvalue weighted by Crippen LogP contribution is 2.27. The Hall–Kier alpha value is -1.48. The van der Waals surface area contributed by atoms with Gasteiger partial charge in [0.25, 0.3) is 0 Å². The Morgan fingerprint density at radius 3 is 2.76 bits per heavy atom. The van der Waals surface area contributed by atoms with Gasteiger partial charge in [-0.05, 0) is 37.6 Å². The normalized spacial score (nSPS) is 17.0. The number of benzene rings is 1. The van der Waals surface area contributed by atoms with E-state index in [1.165, 1.54) is 42.4 Å². The first-order valence-corrected chi connectivity index (χ1v) is 6.30. The number of fused-ring (bicyclic) bond motifs is 1. The number of aromatic nitrogens is 1. The van der Waals surface area contributed by atoms with Crippen molar-refractivity contribution in [3.8, 4) is 0 Å². The molecule has 0 bridgehead atoms. The van der Waals surface area contributed by atoms with Crippen molar-refractivity contribution in [2.24, 2.45) is 7.05 Å². The van der Waals surface area contributed by atoms with E-state index in [2.05, 4.69) is 28.8 Å². The molecule has 0 unspecified atom stereocenters. The number of anilines is 1. The van der Waals surface area contributed by atoms with E-state index < -0.39 is 0 Å². The number of hydrogen-bond acceptors (Lipinski definition) is 2. The predicted octanol–water partition coefficient (Wildman–Crippen LogP) is 2.36. The molecular formula is C14H19N3. The number of hydrogen-bond donors (Lipinski definition) is 1. The summed E-state index contributed by atoms with van der Waals surface area (Å²) in [6.07, 6.45) is 4.90. The second-order valence-electron chi connectivity index (χ2n) is 4.99. The molecule has 90 valence electrons. The van der Waals surface area contributed by atoms with Crippen LogP contribution in [0.25, 0.3) is 10.9 Å². The van der Waals surface area contributed by atoms with Gasteiger partial charge in [-0.25, -0.2) is 0 Å². The molecule has 3 heteroatoms. The van der Waals surface area contributed by atoms with E-state index in [-0.39, 0.29) is 0 Å². The minimum absolute atomic E-state index is 0.873. The third-order valence-electron chi connectivity index (χ3n) is 3.71. The number of nitrogens with zero attached hydrogens (tertiary/aromatic N) is 2. The molecule has 1 aliphatic rings. The number of nitrogens with two attached hydrogens (primary N) is 1. The van der Waals surface area contributed by atoms with E-state index >= 15 is 0 Å². The largest absolute Gasteiger partial charge is 0.397 e. The van der Waals surface area contributed by atoms with Crippen LogP contribution in [0.5, 0.6) is 0 Å². The minimum Gasteiger partial charge on any atom is -0.397 e. The van der Waals surface area contributed by atoms with Crippen molar-refractivity contribution in [1.82, 2.24) is 9.47 Å². The van der Waals surface area contributed by atoms with Crippen LogP contribution in [0.1, 0.15) is 18.4 Å². The van der Waals surface area contributed by atoms with Crippen LogP contribution in [0.15, 0.2) is 24.4 Å². The van der Waals surface area contributed by atoms with Crippen molar-refractivity contribution in [3.05, 3.63) is 30.0 Å². The quantitative estimate of drug-likeness (QED) is 0.802. The smallest absolute Gasteiger partial charge is 0.0714 e. The van der Waals surface area contributed by atoms with Crippen molar-refractivity contribution in [1.29, 1.82) is 0 Å². The third-order valence-corrected chi connectivity index (χ3v) is 3.71. The number of nitrogen functional groups attached to an aromatic ring is 1. The average Bonchev–Trinajstić information content (AvgIpc) is 2.90. The van der Waals surface area contributed by atoms with Crippen LogP contribution in [-0.2, 0) is 13.6 Å². The number of para-hydroxylation sites is 1. The molecule has 2 heterocycles.